The molecule has 1 N–H and O–H groups in total. The van der Waals surface area contributed by atoms with E-state index in [1.807, 2.05) is 30.3 Å². The zero-order valence-corrected chi connectivity index (χ0v) is 21.7. The maximum absolute atomic E-state index is 11.9. The van der Waals surface area contributed by atoms with E-state index in [0.29, 0.717) is 5.56 Å². The summed E-state index contributed by atoms with van der Waals surface area (Å²) in [6.45, 7) is 4.58. The Morgan fingerprint density at radius 2 is 1.73 bits per heavy atom. The molecule has 0 spiro atoms. The van der Waals surface area contributed by atoms with Gasteiger partial charge in [0, 0.05) is 5.17 Å². The smallest absolute Gasteiger partial charge is 0.111 e. The van der Waals surface area contributed by atoms with Gasteiger partial charge in [0.1, 0.15) is 5.75 Å². The van der Waals surface area contributed by atoms with Crippen molar-refractivity contribution in [3.8, 4) is 11.5 Å². The molecule has 0 saturated heterocycles. The van der Waals surface area contributed by atoms with Crippen LogP contribution < -0.4 is 15.3 Å². The molecule has 0 saturated carbocycles. The van der Waals surface area contributed by atoms with Crippen molar-refractivity contribution < 1.29 is 9.84 Å². The second-order valence-corrected chi connectivity index (χ2v) is 11.1. The van der Waals surface area contributed by atoms with Crippen LogP contribution in [-0.4, -0.2) is 39.6 Å². The fraction of sp³-hybridized carbons (Fsp3) is 0.391. The summed E-state index contributed by atoms with van der Waals surface area (Å²) >= 11 is 5.19. The summed E-state index contributed by atoms with van der Waals surface area (Å²) in [5.74, 6) is 0.0481. The number of rotatable bonds is 10. The Hall–Kier alpha value is -1.80. The molecule has 0 aliphatic heterocycles. The van der Waals surface area contributed by atoms with Crippen molar-refractivity contribution in [2.75, 3.05) is 7.11 Å². The Labute approximate surface area is 196 Å². The normalized spacial score (nSPS) is 10.8. The minimum Gasteiger partial charge on any atom is -0.870 e. The van der Waals surface area contributed by atoms with E-state index < -0.39 is 0 Å². The van der Waals surface area contributed by atoms with Gasteiger partial charge in [0.05, 0.1) is 19.0 Å². The minimum absolute atomic E-state index is 0.149. The van der Waals surface area contributed by atoms with Crippen LogP contribution in [0.25, 0.3) is 0 Å². The van der Waals surface area contributed by atoms with Gasteiger partial charge in [-0.1, -0.05) is 36.1 Å². The quantitative estimate of drug-likeness (QED) is 0.116. The van der Waals surface area contributed by atoms with E-state index in [1.165, 1.54) is 39.0 Å². The van der Waals surface area contributed by atoms with Gasteiger partial charge in [0.15, 0.2) is 0 Å². The predicted octanol–water partition coefficient (Wildman–Crippen LogP) is 5.05. The van der Waals surface area contributed by atoms with Gasteiger partial charge in [0.2, 0.25) is 0 Å². The van der Waals surface area contributed by atoms with Gasteiger partial charge in [-0.3, -0.25) is 10.4 Å². The van der Waals surface area contributed by atoms with Crippen molar-refractivity contribution in [3.63, 3.8) is 0 Å². The second kappa shape index (κ2) is 16.9. The van der Waals surface area contributed by atoms with Crippen molar-refractivity contribution in [3.05, 3.63) is 54.1 Å². The fourth-order valence-corrected chi connectivity index (χ4v) is 6.64. The summed E-state index contributed by atoms with van der Waals surface area (Å²) in [5, 5.41) is 16.0. The number of hydrogen-bond donors (Lipinski definition) is 1. The molecule has 0 heterocycles. The molecule has 0 amide bonds. The third-order valence-electron chi connectivity index (χ3n) is 3.99. The average Bonchev–Trinajstić information content (AvgIpc) is 2.76. The molecule has 0 bridgehead atoms. The monoisotopic (exact) mass is 533 g/mol. The molecule has 0 aliphatic carbocycles. The first-order valence-electron chi connectivity index (χ1n) is 10.3. The average molecular weight is 532 g/mol. The zero-order chi connectivity index (χ0) is 22.0. The number of methoxy groups -OCH3 is 1. The molecule has 2 rings (SSSR count). The van der Waals surface area contributed by atoms with Crippen LogP contribution in [0.1, 0.15) is 45.1 Å². The summed E-state index contributed by atoms with van der Waals surface area (Å²) in [4.78, 5) is 4.15. The molecule has 5 nitrogen and oxygen atoms in total. The molecule has 30 heavy (non-hydrogen) atoms. The number of para-hydroxylation sites is 2. The van der Waals surface area contributed by atoms with Crippen LogP contribution >= 0.6 is 0 Å². The molecular formula is C23H31N3O2SSn. The molecule has 0 atom stereocenters. The van der Waals surface area contributed by atoms with E-state index in [2.05, 4.69) is 29.4 Å². The van der Waals surface area contributed by atoms with Crippen LogP contribution in [0.3, 0.4) is 0 Å². The van der Waals surface area contributed by atoms with E-state index in [0.717, 1.165) is 5.69 Å². The van der Waals surface area contributed by atoms with Gasteiger partial charge >= 0.3 is 69.5 Å². The van der Waals surface area contributed by atoms with Crippen molar-refractivity contribution in [1.82, 2.24) is 5.43 Å². The Kier molecular flexibility index (Phi) is 14.8. The van der Waals surface area contributed by atoms with Crippen molar-refractivity contribution in [2.45, 2.75) is 48.4 Å². The summed E-state index contributed by atoms with van der Waals surface area (Å²) in [5.41, 5.74) is 3.74. The Morgan fingerprint density at radius 1 is 1.07 bits per heavy atom. The molecule has 0 aliphatic rings. The number of amidine groups is 1. The molecule has 2 aromatic carbocycles. The van der Waals surface area contributed by atoms with E-state index in [9.17, 15) is 5.11 Å². The van der Waals surface area contributed by atoms with Crippen LogP contribution in [0.2, 0.25) is 8.87 Å². The van der Waals surface area contributed by atoms with E-state index in [1.54, 1.807) is 27.1 Å². The van der Waals surface area contributed by atoms with Gasteiger partial charge in [0.25, 0.3) is 0 Å². The van der Waals surface area contributed by atoms with Gasteiger partial charge in [-0.25, -0.2) is 0 Å². The summed E-state index contributed by atoms with van der Waals surface area (Å²) < 4.78 is 8.20. The van der Waals surface area contributed by atoms with Gasteiger partial charge < -0.3 is 22.5 Å². The Bertz CT molecular complexity index is 764. The van der Waals surface area contributed by atoms with Gasteiger partial charge in [-0.05, 0) is 23.8 Å². The number of hydrogen-bond acceptors (Lipinski definition) is 5. The molecule has 7 heteroatoms. The molecule has 0 radical (unpaired) electrons. The van der Waals surface area contributed by atoms with Crippen LogP contribution in [0, 0.1) is 0 Å². The number of ether oxygens (including phenoxy) is 1. The number of nitrogens with one attached hydrogen (secondary N) is 1. The zero-order valence-electron chi connectivity index (χ0n) is 18.1. The largest absolute Gasteiger partial charge is 0.870 e. The summed E-state index contributed by atoms with van der Waals surface area (Å²) in [6, 6.07) is 14.2. The number of unbranched alkanes of at least 4 members (excludes halogenated alkanes) is 2. The van der Waals surface area contributed by atoms with Crippen molar-refractivity contribution in [2.24, 2.45) is 10.1 Å². The molecule has 160 valence electrons. The van der Waals surface area contributed by atoms with Crippen LogP contribution in [-0.2, 0) is 12.6 Å². The van der Waals surface area contributed by atoms with Crippen LogP contribution in [0.5, 0.6) is 11.5 Å². The SMILES string of the molecule is CCC[CH2][Sn+2][CH2]CCC.COc1cccc(/C=N/NC([S-])=Nc2ccccc2)c1[O-]. The van der Waals surface area contributed by atoms with E-state index in [-0.39, 0.29) is 37.8 Å². The molecule has 2 aromatic rings. The molecule has 0 fully saturated rings. The summed E-state index contributed by atoms with van der Waals surface area (Å²) in [6.07, 6.45) is 7.23. The minimum atomic E-state index is -0.225. The maximum atomic E-state index is 11.9. The van der Waals surface area contributed by atoms with E-state index in [4.69, 9.17) is 17.4 Å². The first-order chi connectivity index (χ1) is 14.6. The van der Waals surface area contributed by atoms with Crippen LogP contribution in [0.4, 0.5) is 5.69 Å². The number of benzene rings is 2. The Balaban J connectivity index is 0.000000424. The van der Waals surface area contributed by atoms with Crippen molar-refractivity contribution in [1.29, 1.82) is 0 Å². The second-order valence-electron chi connectivity index (χ2n) is 6.46. The Morgan fingerprint density at radius 3 is 2.33 bits per heavy atom. The predicted molar refractivity (Wildman–Crippen MR) is 129 cm³/mol. The number of aliphatic imine (C=N–C) groups is 1. The number of nitrogens with zero attached hydrogens (tertiary/aromatic N) is 2. The van der Waals surface area contributed by atoms with Crippen LogP contribution in [0.15, 0.2) is 58.6 Å². The summed E-state index contributed by atoms with van der Waals surface area (Å²) in [7, 11) is 1.45. The standard InChI is InChI=1S/C15H15N3O2S.2C4H9.Sn/c1-20-13-9-5-6-11(14(13)19)10-16-18-15(21)17-12-7-3-2-4-8-12;2*1-3-4-2;/h2-10,19H,1H3,(H2,17,18,21);2*1,3-4H2,2H3;/q;;;+2/p-2/b16-10+;;;. The van der Waals surface area contributed by atoms with Crippen molar-refractivity contribution >= 4 is 50.8 Å². The van der Waals surface area contributed by atoms with E-state index >= 15 is 0 Å². The molecular weight excluding hydrogens is 501 g/mol. The first-order valence-corrected chi connectivity index (χ1v) is 14.7. The molecule has 0 aromatic heterocycles. The first kappa shape index (κ1) is 26.2. The third kappa shape index (κ3) is 11.4. The van der Waals surface area contributed by atoms with Gasteiger partial charge in [-0.15, -0.1) is 0 Å². The van der Waals surface area contributed by atoms with Gasteiger partial charge in [-0.2, -0.15) is 5.10 Å². The molecule has 0 unspecified atom stereocenters. The topological polar surface area (TPSA) is 69.0 Å². The number of hydrazone groups is 1. The third-order valence-corrected chi connectivity index (χ3v) is 8.21. The fourth-order valence-electron chi connectivity index (χ4n) is 2.33. The maximum Gasteiger partial charge on any atom is 0.111 e.